The van der Waals surface area contributed by atoms with Crippen LogP contribution in [0.15, 0.2) is 11.6 Å². The van der Waals surface area contributed by atoms with Gasteiger partial charge in [-0.2, -0.15) is 0 Å². The molecule has 0 spiro atoms. The van der Waals surface area contributed by atoms with Crippen LogP contribution < -0.4 is 16.4 Å². The molecule has 12 heavy (non-hydrogen) atoms. The van der Waals surface area contributed by atoms with Gasteiger partial charge in [-0.15, -0.1) is 0 Å². The number of urea groups is 1. The summed E-state index contributed by atoms with van der Waals surface area (Å²) in [7, 11) is 0. The van der Waals surface area contributed by atoms with Crippen LogP contribution in [0.4, 0.5) is 4.79 Å². The fourth-order valence-corrected chi connectivity index (χ4v) is 0.652. The summed E-state index contributed by atoms with van der Waals surface area (Å²) in [5.74, 6) is 0. The lowest BCUT2D eigenvalue weighted by Crippen LogP contribution is -2.35. The van der Waals surface area contributed by atoms with Crippen molar-refractivity contribution in [1.29, 1.82) is 0 Å². The molecule has 0 unspecified atom stereocenters. The molecule has 0 saturated heterocycles. The Morgan fingerprint density at radius 1 is 1.42 bits per heavy atom. The Morgan fingerprint density at radius 3 is 2.58 bits per heavy atom. The Morgan fingerprint density at radius 2 is 2.08 bits per heavy atom. The van der Waals surface area contributed by atoms with E-state index in [0.717, 1.165) is 13.1 Å². The van der Waals surface area contributed by atoms with Crippen molar-refractivity contribution in [2.75, 3.05) is 19.6 Å². The number of rotatable bonds is 5. The number of primary amides is 1. The summed E-state index contributed by atoms with van der Waals surface area (Å²) in [6, 6.07) is -0.473. The summed E-state index contributed by atoms with van der Waals surface area (Å²) < 4.78 is 0. The summed E-state index contributed by atoms with van der Waals surface area (Å²) >= 11 is 0. The second-order valence-corrected chi connectivity index (χ2v) is 2.78. The SMILES string of the molecule is CC(C)=CCNCCNC(N)=O. The summed E-state index contributed by atoms with van der Waals surface area (Å²) in [6.45, 7) is 6.24. The number of hydrogen-bond acceptors (Lipinski definition) is 2. The molecule has 0 aliphatic heterocycles. The van der Waals surface area contributed by atoms with Gasteiger partial charge in [-0.1, -0.05) is 11.6 Å². The molecule has 0 aromatic carbocycles. The van der Waals surface area contributed by atoms with Crippen molar-refractivity contribution in [3.63, 3.8) is 0 Å². The summed E-state index contributed by atoms with van der Waals surface area (Å²) in [5.41, 5.74) is 6.15. The summed E-state index contributed by atoms with van der Waals surface area (Å²) in [6.07, 6.45) is 2.09. The molecule has 0 atom stereocenters. The van der Waals surface area contributed by atoms with Crippen molar-refractivity contribution in [2.24, 2.45) is 5.73 Å². The van der Waals surface area contributed by atoms with E-state index >= 15 is 0 Å². The van der Waals surface area contributed by atoms with Crippen LogP contribution in [-0.4, -0.2) is 25.7 Å². The van der Waals surface area contributed by atoms with Crippen molar-refractivity contribution < 1.29 is 4.79 Å². The number of nitrogens with one attached hydrogen (secondary N) is 2. The van der Waals surface area contributed by atoms with Gasteiger partial charge in [-0.05, 0) is 13.8 Å². The molecular weight excluding hydrogens is 154 g/mol. The minimum absolute atomic E-state index is 0.473. The molecule has 0 aromatic rings. The van der Waals surface area contributed by atoms with E-state index in [4.69, 9.17) is 5.73 Å². The Bertz CT molecular complexity index is 162. The van der Waals surface area contributed by atoms with Gasteiger partial charge in [-0.25, -0.2) is 4.79 Å². The minimum Gasteiger partial charge on any atom is -0.352 e. The van der Waals surface area contributed by atoms with Gasteiger partial charge in [0.25, 0.3) is 0 Å². The maximum atomic E-state index is 10.2. The smallest absolute Gasteiger partial charge is 0.312 e. The van der Waals surface area contributed by atoms with Crippen LogP contribution in [0.3, 0.4) is 0 Å². The third kappa shape index (κ3) is 8.97. The van der Waals surface area contributed by atoms with Crippen LogP contribution >= 0.6 is 0 Å². The number of allylic oxidation sites excluding steroid dienone is 1. The van der Waals surface area contributed by atoms with Crippen LogP contribution in [0.5, 0.6) is 0 Å². The number of hydrogen-bond donors (Lipinski definition) is 3. The van der Waals surface area contributed by atoms with E-state index in [2.05, 4.69) is 16.7 Å². The fraction of sp³-hybridized carbons (Fsp3) is 0.625. The molecule has 0 rings (SSSR count). The standard InChI is InChI=1S/C8H17N3O/c1-7(2)3-4-10-5-6-11-8(9)12/h3,10H,4-6H2,1-2H3,(H3,9,11,12). The van der Waals surface area contributed by atoms with E-state index in [0.29, 0.717) is 6.54 Å². The predicted molar refractivity (Wildman–Crippen MR) is 49.9 cm³/mol. The topological polar surface area (TPSA) is 67.2 Å². The van der Waals surface area contributed by atoms with Gasteiger partial charge in [0.05, 0.1) is 0 Å². The maximum Gasteiger partial charge on any atom is 0.312 e. The average Bonchev–Trinajstić information content (AvgIpc) is 1.95. The molecule has 0 radical (unpaired) electrons. The number of amides is 2. The van der Waals surface area contributed by atoms with Crippen molar-refractivity contribution in [2.45, 2.75) is 13.8 Å². The first-order valence-electron chi connectivity index (χ1n) is 4.00. The van der Waals surface area contributed by atoms with Gasteiger partial charge in [-0.3, -0.25) is 0 Å². The number of nitrogens with two attached hydrogens (primary N) is 1. The monoisotopic (exact) mass is 171 g/mol. The second-order valence-electron chi connectivity index (χ2n) is 2.78. The Balaban J connectivity index is 3.11. The first-order valence-corrected chi connectivity index (χ1v) is 4.00. The number of carbonyl (C=O) groups excluding carboxylic acids is 1. The highest BCUT2D eigenvalue weighted by Gasteiger charge is 1.88. The first kappa shape index (κ1) is 11.0. The molecular formula is C8H17N3O. The molecule has 4 heteroatoms. The number of carbonyl (C=O) groups is 1. The minimum atomic E-state index is -0.473. The Kier molecular flexibility index (Phi) is 6.09. The van der Waals surface area contributed by atoms with E-state index in [1.165, 1.54) is 5.57 Å². The highest BCUT2D eigenvalue weighted by Crippen LogP contribution is 1.84. The lowest BCUT2D eigenvalue weighted by Gasteiger charge is -2.01. The second kappa shape index (κ2) is 6.67. The van der Waals surface area contributed by atoms with E-state index in [-0.39, 0.29) is 0 Å². The first-order chi connectivity index (χ1) is 5.63. The van der Waals surface area contributed by atoms with Crippen LogP contribution in [0.2, 0.25) is 0 Å². The maximum absolute atomic E-state index is 10.2. The molecule has 0 heterocycles. The van der Waals surface area contributed by atoms with Crippen molar-refractivity contribution in [3.8, 4) is 0 Å². The largest absolute Gasteiger partial charge is 0.352 e. The van der Waals surface area contributed by atoms with Crippen molar-refractivity contribution >= 4 is 6.03 Å². The molecule has 0 fully saturated rings. The lowest BCUT2D eigenvalue weighted by molar-refractivity contribution is 0.249. The van der Waals surface area contributed by atoms with Gasteiger partial charge in [0.15, 0.2) is 0 Å². The van der Waals surface area contributed by atoms with E-state index in [1.54, 1.807) is 0 Å². The van der Waals surface area contributed by atoms with Crippen LogP contribution in [0.1, 0.15) is 13.8 Å². The summed E-state index contributed by atoms with van der Waals surface area (Å²) in [5, 5.41) is 5.61. The highest BCUT2D eigenvalue weighted by atomic mass is 16.2. The molecule has 2 amide bonds. The zero-order valence-corrected chi connectivity index (χ0v) is 7.68. The lowest BCUT2D eigenvalue weighted by atomic mass is 10.3. The quantitative estimate of drug-likeness (QED) is 0.409. The molecule has 0 bridgehead atoms. The molecule has 0 aromatic heterocycles. The fourth-order valence-electron chi connectivity index (χ4n) is 0.652. The van der Waals surface area contributed by atoms with Crippen LogP contribution in [0.25, 0.3) is 0 Å². The van der Waals surface area contributed by atoms with E-state index in [9.17, 15) is 4.79 Å². The third-order valence-electron chi connectivity index (χ3n) is 1.26. The van der Waals surface area contributed by atoms with Crippen LogP contribution in [-0.2, 0) is 0 Å². The van der Waals surface area contributed by atoms with Gasteiger partial charge in [0.1, 0.15) is 0 Å². The zero-order valence-electron chi connectivity index (χ0n) is 7.68. The normalized spacial score (nSPS) is 9.17. The zero-order chi connectivity index (χ0) is 9.40. The van der Waals surface area contributed by atoms with Crippen molar-refractivity contribution in [1.82, 2.24) is 10.6 Å². The molecule has 0 saturated carbocycles. The van der Waals surface area contributed by atoms with Crippen LogP contribution in [0, 0.1) is 0 Å². The molecule has 0 aliphatic carbocycles. The van der Waals surface area contributed by atoms with Crippen molar-refractivity contribution in [3.05, 3.63) is 11.6 Å². The van der Waals surface area contributed by atoms with Gasteiger partial charge in [0.2, 0.25) is 0 Å². The third-order valence-corrected chi connectivity index (χ3v) is 1.26. The average molecular weight is 171 g/mol. The highest BCUT2D eigenvalue weighted by molar-refractivity contribution is 5.71. The van der Waals surface area contributed by atoms with E-state index in [1.807, 2.05) is 13.8 Å². The Labute approximate surface area is 73.2 Å². The Hall–Kier alpha value is -1.03. The summed E-state index contributed by atoms with van der Waals surface area (Å²) in [4.78, 5) is 10.2. The molecule has 0 aliphatic rings. The molecule has 70 valence electrons. The van der Waals surface area contributed by atoms with E-state index < -0.39 is 6.03 Å². The van der Waals surface area contributed by atoms with Gasteiger partial charge in [0, 0.05) is 19.6 Å². The molecule has 4 N–H and O–H groups in total. The molecule has 4 nitrogen and oxygen atoms in total. The van der Waals surface area contributed by atoms with Gasteiger partial charge >= 0.3 is 6.03 Å². The predicted octanol–water partition coefficient (Wildman–Crippen LogP) is 0.210. The van der Waals surface area contributed by atoms with Gasteiger partial charge < -0.3 is 16.4 Å².